The summed E-state index contributed by atoms with van der Waals surface area (Å²) in [5, 5.41) is 1.06. The fourth-order valence-electron chi connectivity index (χ4n) is 6.07. The quantitative estimate of drug-likeness (QED) is 0.489. The van der Waals surface area contributed by atoms with Gasteiger partial charge in [-0.1, -0.05) is 37.6 Å². The molecular weight excluding hydrogens is 428 g/mol. The minimum Gasteiger partial charge on any atom is -0.456 e. The lowest BCUT2D eigenvalue weighted by Crippen LogP contribution is -2.55. The van der Waals surface area contributed by atoms with Crippen LogP contribution in [-0.4, -0.2) is 41.8 Å². The number of para-hydroxylation sites is 1. The molecule has 0 radical (unpaired) electrons. The molecule has 176 valence electrons. The largest absolute Gasteiger partial charge is 0.456 e. The number of carbonyl (C=O) groups excluding carboxylic acids is 1. The molecule has 3 aromatic rings. The van der Waals surface area contributed by atoms with E-state index >= 15 is 0 Å². The summed E-state index contributed by atoms with van der Waals surface area (Å²) in [4.78, 5) is 20.4. The van der Waals surface area contributed by atoms with Gasteiger partial charge in [0, 0.05) is 23.7 Å². The third kappa shape index (κ3) is 3.90. The predicted octanol–water partition coefficient (Wildman–Crippen LogP) is 4.91. The van der Waals surface area contributed by atoms with Crippen LogP contribution in [0.5, 0.6) is 11.5 Å². The highest BCUT2D eigenvalue weighted by Gasteiger charge is 2.44. The van der Waals surface area contributed by atoms with E-state index in [9.17, 15) is 4.79 Å². The first-order valence-electron chi connectivity index (χ1n) is 12.4. The Morgan fingerprint density at radius 1 is 1.18 bits per heavy atom. The molecule has 4 aliphatic rings. The molecule has 3 fully saturated rings. The summed E-state index contributed by atoms with van der Waals surface area (Å²) in [7, 11) is 0. The maximum absolute atomic E-state index is 13.3. The number of hydrogen-bond acceptors (Lipinski definition) is 6. The average molecular weight is 459 g/mol. The number of carbonyl (C=O) groups is 1. The molecule has 4 aliphatic heterocycles. The van der Waals surface area contributed by atoms with Crippen molar-refractivity contribution in [1.29, 1.82) is 0 Å². The zero-order valence-electron chi connectivity index (χ0n) is 19.5. The van der Waals surface area contributed by atoms with Crippen LogP contribution < -0.4 is 9.47 Å². The van der Waals surface area contributed by atoms with Gasteiger partial charge in [-0.15, -0.1) is 0 Å². The van der Waals surface area contributed by atoms with Crippen molar-refractivity contribution in [2.75, 3.05) is 19.9 Å². The lowest BCUT2D eigenvalue weighted by atomic mass is 9.72. The second-order valence-electron chi connectivity index (χ2n) is 9.71. The van der Waals surface area contributed by atoms with Gasteiger partial charge in [-0.05, 0) is 61.1 Å². The van der Waals surface area contributed by atoms with Gasteiger partial charge in [-0.2, -0.15) is 0 Å². The molecule has 0 N–H and O–H groups in total. The molecule has 2 aromatic carbocycles. The van der Waals surface area contributed by atoms with Crippen LogP contribution in [0.15, 0.2) is 54.7 Å². The minimum absolute atomic E-state index is 0.188. The van der Waals surface area contributed by atoms with Crippen LogP contribution in [0.25, 0.3) is 10.9 Å². The van der Waals surface area contributed by atoms with E-state index in [-0.39, 0.29) is 31.3 Å². The third-order valence-electron chi connectivity index (χ3n) is 7.84. The highest BCUT2D eigenvalue weighted by Crippen LogP contribution is 2.44. The molecule has 6 nitrogen and oxygen atoms in total. The van der Waals surface area contributed by atoms with Crippen molar-refractivity contribution >= 4 is 16.9 Å². The number of esters is 1. The van der Waals surface area contributed by atoms with E-state index in [4.69, 9.17) is 14.2 Å². The summed E-state index contributed by atoms with van der Waals surface area (Å²) < 4.78 is 17.2. The maximum Gasteiger partial charge on any atom is 0.310 e. The molecule has 1 aromatic heterocycles. The summed E-state index contributed by atoms with van der Waals surface area (Å²) in [5.74, 6) is 2.62. The number of nitrogens with zero attached hydrogens (tertiary/aromatic N) is 2. The molecule has 2 bridgehead atoms. The van der Waals surface area contributed by atoms with Gasteiger partial charge >= 0.3 is 5.97 Å². The van der Waals surface area contributed by atoms with E-state index in [2.05, 4.69) is 22.9 Å². The normalized spacial score (nSPS) is 25.9. The molecule has 7 rings (SSSR count). The van der Waals surface area contributed by atoms with Crippen LogP contribution in [-0.2, 0) is 16.0 Å². The first-order valence-corrected chi connectivity index (χ1v) is 12.4. The monoisotopic (exact) mass is 458 g/mol. The molecule has 0 saturated carbocycles. The average Bonchev–Trinajstić information content (AvgIpc) is 3.35. The molecule has 0 aliphatic carbocycles. The van der Waals surface area contributed by atoms with Crippen molar-refractivity contribution in [3.8, 4) is 11.5 Å². The Hall–Kier alpha value is -3.12. The van der Waals surface area contributed by atoms with E-state index in [0.29, 0.717) is 11.7 Å². The summed E-state index contributed by atoms with van der Waals surface area (Å²) in [6.07, 6.45) is 5.22. The van der Waals surface area contributed by atoms with Crippen LogP contribution >= 0.6 is 0 Å². The Balaban J connectivity index is 1.30. The highest BCUT2D eigenvalue weighted by molar-refractivity contribution is 5.83. The second-order valence-corrected chi connectivity index (χ2v) is 9.71. The van der Waals surface area contributed by atoms with Gasteiger partial charge in [0.1, 0.15) is 6.10 Å². The van der Waals surface area contributed by atoms with Crippen molar-refractivity contribution in [3.63, 3.8) is 0 Å². The smallest absolute Gasteiger partial charge is 0.310 e. The van der Waals surface area contributed by atoms with Gasteiger partial charge in [0.15, 0.2) is 11.5 Å². The van der Waals surface area contributed by atoms with Crippen molar-refractivity contribution in [1.82, 2.24) is 9.88 Å². The number of fused-ring (bicyclic) bond motifs is 5. The molecular formula is C28H30N2O4. The number of benzene rings is 2. The zero-order valence-corrected chi connectivity index (χ0v) is 19.5. The standard InChI is InChI=1S/C28H30N2O4/c1-2-19-16-30-12-10-20(19)15-24(30)28(22-9-11-29-23-6-4-3-5-21(22)23)34-27(31)14-18-7-8-25-26(13-18)33-17-32-25/h3-9,11,13,19-20,24,28H,2,10,12,14-17H2,1H3/t19-,20-,24-,28+/m0/s1. The Morgan fingerprint density at radius 2 is 2.06 bits per heavy atom. The Labute approximate surface area is 199 Å². The van der Waals surface area contributed by atoms with E-state index in [1.807, 2.05) is 48.7 Å². The van der Waals surface area contributed by atoms with E-state index in [1.54, 1.807) is 0 Å². The summed E-state index contributed by atoms with van der Waals surface area (Å²) in [5.41, 5.74) is 2.85. The molecule has 3 saturated heterocycles. The SMILES string of the molecule is CC[C@H]1CN2CC[C@H]1C[C@H]2[C@H](OC(=O)Cc1ccc2c(c1)OCO2)c1ccnc2ccccc12. The maximum atomic E-state index is 13.3. The molecule has 34 heavy (non-hydrogen) atoms. The minimum atomic E-state index is -0.324. The Kier molecular flexibility index (Phi) is 5.61. The second kappa shape index (κ2) is 8.91. The fraction of sp³-hybridized carbons (Fsp3) is 0.429. The highest BCUT2D eigenvalue weighted by atomic mass is 16.7. The van der Waals surface area contributed by atoms with Gasteiger partial charge in [-0.3, -0.25) is 14.7 Å². The van der Waals surface area contributed by atoms with Crippen LogP contribution in [0.3, 0.4) is 0 Å². The van der Waals surface area contributed by atoms with Crippen LogP contribution in [0.1, 0.15) is 43.4 Å². The number of pyridine rings is 1. The number of ether oxygens (including phenoxy) is 3. The lowest BCUT2D eigenvalue weighted by molar-refractivity contribution is -0.157. The van der Waals surface area contributed by atoms with Gasteiger partial charge in [0.2, 0.25) is 6.79 Å². The molecule has 0 amide bonds. The summed E-state index contributed by atoms with van der Waals surface area (Å²) >= 11 is 0. The van der Waals surface area contributed by atoms with E-state index in [0.717, 1.165) is 53.2 Å². The molecule has 0 spiro atoms. The van der Waals surface area contributed by atoms with Crippen LogP contribution in [0.4, 0.5) is 0 Å². The molecule has 1 unspecified atom stereocenters. The van der Waals surface area contributed by atoms with Crippen molar-refractivity contribution in [2.45, 2.75) is 44.8 Å². The van der Waals surface area contributed by atoms with Crippen molar-refractivity contribution in [2.24, 2.45) is 11.8 Å². The predicted molar refractivity (Wildman–Crippen MR) is 129 cm³/mol. The Bertz CT molecular complexity index is 1210. The molecule has 5 atom stereocenters. The molecule has 6 heteroatoms. The zero-order chi connectivity index (χ0) is 23.1. The number of aromatic nitrogens is 1. The lowest BCUT2D eigenvalue weighted by Gasteiger charge is -2.51. The van der Waals surface area contributed by atoms with Crippen LogP contribution in [0, 0.1) is 11.8 Å². The van der Waals surface area contributed by atoms with E-state index < -0.39 is 0 Å². The topological polar surface area (TPSA) is 60.9 Å². The third-order valence-corrected chi connectivity index (χ3v) is 7.84. The van der Waals surface area contributed by atoms with E-state index in [1.165, 1.54) is 12.8 Å². The number of piperidine rings is 3. The van der Waals surface area contributed by atoms with Gasteiger partial charge in [0.05, 0.1) is 18.0 Å². The molecule has 5 heterocycles. The summed E-state index contributed by atoms with van der Waals surface area (Å²) in [6, 6.07) is 16.0. The number of hydrogen-bond donors (Lipinski definition) is 0. The van der Waals surface area contributed by atoms with Crippen molar-refractivity contribution < 1.29 is 19.0 Å². The van der Waals surface area contributed by atoms with Gasteiger partial charge in [-0.25, -0.2) is 0 Å². The fourth-order valence-corrected chi connectivity index (χ4v) is 6.07. The van der Waals surface area contributed by atoms with Crippen LogP contribution in [0.2, 0.25) is 0 Å². The first kappa shape index (κ1) is 21.4. The number of rotatable bonds is 6. The van der Waals surface area contributed by atoms with Gasteiger partial charge in [0.25, 0.3) is 0 Å². The Morgan fingerprint density at radius 3 is 2.91 bits per heavy atom. The summed E-state index contributed by atoms with van der Waals surface area (Å²) in [6.45, 7) is 4.68. The van der Waals surface area contributed by atoms with Gasteiger partial charge < -0.3 is 14.2 Å². The first-order chi connectivity index (χ1) is 16.7. The van der Waals surface area contributed by atoms with Crippen molar-refractivity contribution in [3.05, 3.63) is 65.9 Å².